The van der Waals surface area contributed by atoms with Crippen LogP contribution in [0.25, 0.3) is 0 Å². The standard InChI is InChI=1S/C11H13ClFNO/c12-10-3-8(13)1-2-9(10)11(6-14)4-7(11)5-15/h1-3,7,15H,4-6,14H2/t7?,11-/m0/s1. The van der Waals surface area contributed by atoms with Crippen molar-refractivity contribution in [1.29, 1.82) is 0 Å². The van der Waals surface area contributed by atoms with Crippen LogP contribution in [0.3, 0.4) is 0 Å². The first kappa shape index (κ1) is 10.9. The first-order chi connectivity index (χ1) is 7.14. The Kier molecular flexibility index (Phi) is 2.71. The minimum Gasteiger partial charge on any atom is -0.396 e. The highest BCUT2D eigenvalue weighted by atomic mass is 35.5. The average Bonchev–Trinajstić information content (AvgIpc) is 2.93. The number of aliphatic hydroxyl groups excluding tert-OH is 1. The number of benzene rings is 1. The zero-order valence-electron chi connectivity index (χ0n) is 8.21. The van der Waals surface area contributed by atoms with Gasteiger partial charge in [-0.05, 0) is 30.0 Å². The third-order valence-electron chi connectivity index (χ3n) is 3.28. The molecule has 0 aromatic heterocycles. The molecule has 15 heavy (non-hydrogen) atoms. The van der Waals surface area contributed by atoms with Crippen molar-refractivity contribution < 1.29 is 9.50 Å². The van der Waals surface area contributed by atoms with Crippen LogP contribution in [-0.2, 0) is 5.41 Å². The maximum Gasteiger partial charge on any atom is 0.124 e. The number of hydrogen-bond acceptors (Lipinski definition) is 2. The highest BCUT2D eigenvalue weighted by Gasteiger charge is 2.54. The molecule has 0 heterocycles. The number of rotatable bonds is 3. The molecule has 0 bridgehead atoms. The monoisotopic (exact) mass is 229 g/mol. The van der Waals surface area contributed by atoms with E-state index in [9.17, 15) is 4.39 Å². The van der Waals surface area contributed by atoms with Gasteiger partial charge in [-0.25, -0.2) is 4.39 Å². The lowest BCUT2D eigenvalue weighted by Gasteiger charge is -2.16. The smallest absolute Gasteiger partial charge is 0.124 e. The topological polar surface area (TPSA) is 46.2 Å². The Hall–Kier alpha value is -0.640. The van der Waals surface area contributed by atoms with E-state index in [0.717, 1.165) is 12.0 Å². The number of hydrogen-bond donors (Lipinski definition) is 2. The van der Waals surface area contributed by atoms with E-state index in [0.29, 0.717) is 11.6 Å². The van der Waals surface area contributed by atoms with Gasteiger partial charge in [-0.1, -0.05) is 17.7 Å². The third-order valence-corrected chi connectivity index (χ3v) is 3.60. The second kappa shape index (κ2) is 3.74. The minimum absolute atomic E-state index is 0.102. The SMILES string of the molecule is NC[C@@]1(c2ccc(F)cc2Cl)CC1CO. The predicted molar refractivity (Wildman–Crippen MR) is 57.3 cm³/mol. The van der Waals surface area contributed by atoms with Gasteiger partial charge in [0.05, 0.1) is 0 Å². The van der Waals surface area contributed by atoms with Gasteiger partial charge in [0, 0.05) is 23.6 Å². The van der Waals surface area contributed by atoms with Crippen LogP contribution in [0.5, 0.6) is 0 Å². The maximum atomic E-state index is 12.9. The number of nitrogens with two attached hydrogens (primary N) is 1. The van der Waals surface area contributed by atoms with E-state index in [-0.39, 0.29) is 23.8 Å². The molecule has 0 aliphatic heterocycles. The summed E-state index contributed by atoms with van der Waals surface area (Å²) >= 11 is 5.98. The molecule has 3 N–H and O–H groups in total. The van der Waals surface area contributed by atoms with E-state index in [1.54, 1.807) is 6.07 Å². The van der Waals surface area contributed by atoms with Crippen LogP contribution in [0.1, 0.15) is 12.0 Å². The summed E-state index contributed by atoms with van der Waals surface area (Å²) in [7, 11) is 0. The zero-order valence-corrected chi connectivity index (χ0v) is 8.97. The van der Waals surface area contributed by atoms with Crippen LogP contribution in [0.2, 0.25) is 5.02 Å². The van der Waals surface area contributed by atoms with Crippen LogP contribution in [0, 0.1) is 11.7 Å². The highest BCUT2D eigenvalue weighted by molar-refractivity contribution is 6.31. The molecule has 1 aromatic rings. The molecule has 1 aliphatic rings. The summed E-state index contributed by atoms with van der Waals surface area (Å²) in [6, 6.07) is 4.34. The van der Waals surface area contributed by atoms with Crippen molar-refractivity contribution in [2.24, 2.45) is 11.7 Å². The van der Waals surface area contributed by atoms with Crippen molar-refractivity contribution in [3.8, 4) is 0 Å². The van der Waals surface area contributed by atoms with Crippen LogP contribution >= 0.6 is 11.6 Å². The molecular formula is C11H13ClFNO. The Bertz CT molecular complexity index is 385. The molecule has 1 aliphatic carbocycles. The fourth-order valence-electron chi connectivity index (χ4n) is 2.20. The molecule has 0 saturated heterocycles. The molecule has 1 fully saturated rings. The summed E-state index contributed by atoms with van der Waals surface area (Å²) in [5.74, 6) is -0.192. The predicted octanol–water partition coefficient (Wildman–Crippen LogP) is 1.69. The summed E-state index contributed by atoms with van der Waals surface area (Å²) in [6.07, 6.45) is 0.825. The van der Waals surface area contributed by atoms with Gasteiger partial charge in [0.1, 0.15) is 5.82 Å². The number of halogens is 2. The van der Waals surface area contributed by atoms with Crippen LogP contribution in [0.4, 0.5) is 4.39 Å². The van der Waals surface area contributed by atoms with Gasteiger partial charge < -0.3 is 10.8 Å². The fourth-order valence-corrected chi connectivity index (χ4v) is 2.56. The second-order valence-corrected chi connectivity index (χ2v) is 4.48. The van der Waals surface area contributed by atoms with Crippen LogP contribution < -0.4 is 5.73 Å². The summed E-state index contributed by atoms with van der Waals surface area (Å²) in [5.41, 5.74) is 6.33. The Balaban J connectivity index is 2.37. The molecule has 2 rings (SSSR count). The van der Waals surface area contributed by atoms with E-state index in [1.165, 1.54) is 12.1 Å². The van der Waals surface area contributed by atoms with E-state index in [4.69, 9.17) is 22.4 Å². The van der Waals surface area contributed by atoms with Gasteiger partial charge in [0.25, 0.3) is 0 Å². The molecular weight excluding hydrogens is 217 g/mol. The average molecular weight is 230 g/mol. The van der Waals surface area contributed by atoms with Crippen LogP contribution in [0.15, 0.2) is 18.2 Å². The lowest BCUT2D eigenvalue weighted by molar-refractivity contribution is 0.264. The van der Waals surface area contributed by atoms with Crippen molar-refractivity contribution >= 4 is 11.6 Å². The summed E-state index contributed by atoms with van der Waals surface area (Å²) in [5, 5.41) is 9.51. The Morgan fingerprint density at radius 3 is 2.80 bits per heavy atom. The van der Waals surface area contributed by atoms with Gasteiger partial charge in [-0.2, -0.15) is 0 Å². The summed E-state index contributed by atoms with van der Waals surface area (Å²) in [4.78, 5) is 0. The molecule has 0 spiro atoms. The molecule has 82 valence electrons. The van der Waals surface area contributed by atoms with Crippen molar-refractivity contribution in [2.75, 3.05) is 13.2 Å². The molecule has 0 amide bonds. The lowest BCUT2D eigenvalue weighted by atomic mass is 9.93. The largest absolute Gasteiger partial charge is 0.396 e. The van der Waals surface area contributed by atoms with Gasteiger partial charge in [0.15, 0.2) is 0 Å². The third kappa shape index (κ3) is 1.65. The van der Waals surface area contributed by atoms with E-state index < -0.39 is 0 Å². The molecule has 2 nitrogen and oxygen atoms in total. The maximum absolute atomic E-state index is 12.9. The molecule has 1 saturated carbocycles. The van der Waals surface area contributed by atoms with E-state index >= 15 is 0 Å². The molecule has 1 unspecified atom stereocenters. The normalized spacial score (nSPS) is 29.2. The Labute approximate surface area is 92.9 Å². The van der Waals surface area contributed by atoms with Crippen LogP contribution in [-0.4, -0.2) is 18.3 Å². The fraction of sp³-hybridized carbons (Fsp3) is 0.455. The highest BCUT2D eigenvalue weighted by Crippen LogP contribution is 2.54. The van der Waals surface area contributed by atoms with E-state index in [2.05, 4.69) is 0 Å². The summed E-state index contributed by atoms with van der Waals surface area (Å²) in [6.45, 7) is 0.536. The van der Waals surface area contributed by atoms with Crippen molar-refractivity contribution in [3.63, 3.8) is 0 Å². The van der Waals surface area contributed by atoms with Gasteiger partial charge in [-0.3, -0.25) is 0 Å². The van der Waals surface area contributed by atoms with Gasteiger partial charge >= 0.3 is 0 Å². The lowest BCUT2D eigenvalue weighted by Crippen LogP contribution is -2.24. The van der Waals surface area contributed by atoms with Crippen molar-refractivity contribution in [2.45, 2.75) is 11.8 Å². The Morgan fingerprint density at radius 2 is 2.33 bits per heavy atom. The van der Waals surface area contributed by atoms with Crippen molar-refractivity contribution in [1.82, 2.24) is 0 Å². The van der Waals surface area contributed by atoms with E-state index in [1.807, 2.05) is 0 Å². The summed E-state index contributed by atoms with van der Waals surface area (Å²) < 4.78 is 12.9. The Morgan fingerprint density at radius 1 is 1.60 bits per heavy atom. The zero-order chi connectivity index (χ0) is 11.1. The minimum atomic E-state index is -0.350. The second-order valence-electron chi connectivity index (χ2n) is 4.07. The number of aliphatic hydroxyl groups is 1. The first-order valence-corrected chi connectivity index (χ1v) is 5.28. The molecule has 2 atom stereocenters. The van der Waals surface area contributed by atoms with Gasteiger partial charge in [-0.15, -0.1) is 0 Å². The molecule has 0 radical (unpaired) electrons. The molecule has 4 heteroatoms. The van der Waals surface area contributed by atoms with Gasteiger partial charge in [0.2, 0.25) is 0 Å². The van der Waals surface area contributed by atoms with Crippen molar-refractivity contribution in [3.05, 3.63) is 34.6 Å². The first-order valence-electron chi connectivity index (χ1n) is 4.90. The molecule has 1 aromatic carbocycles. The quantitative estimate of drug-likeness (QED) is 0.829.